The molecule has 98 valence electrons. The van der Waals surface area contributed by atoms with E-state index >= 15 is 0 Å². The minimum Gasteiger partial charge on any atom is -0.168 e. The molecule has 0 amide bonds. The van der Waals surface area contributed by atoms with E-state index in [1.165, 1.54) is 21.9 Å². The number of halogens is 2. The Kier molecular flexibility index (Phi) is 8.89. The van der Waals surface area contributed by atoms with Crippen molar-refractivity contribution in [2.45, 2.75) is 6.42 Å². The van der Waals surface area contributed by atoms with Gasteiger partial charge in [-0.15, -0.1) is 74.6 Å². The van der Waals surface area contributed by atoms with Crippen molar-refractivity contribution in [2.24, 2.45) is 0 Å². The summed E-state index contributed by atoms with van der Waals surface area (Å²) in [6, 6.07) is 23.6. The number of benzene rings is 2. The number of hydrogen-bond acceptors (Lipinski definition) is 0. The summed E-state index contributed by atoms with van der Waals surface area (Å²) >= 11 is 0. The minimum atomic E-state index is 0. The van der Waals surface area contributed by atoms with E-state index in [4.69, 9.17) is 0 Å². The van der Waals surface area contributed by atoms with Crippen LogP contribution in [-0.4, -0.2) is 0 Å². The van der Waals surface area contributed by atoms with Crippen molar-refractivity contribution in [1.29, 1.82) is 0 Å². The minimum absolute atomic E-state index is 0. The summed E-state index contributed by atoms with van der Waals surface area (Å²) in [4.78, 5) is 0. The molecule has 0 aliphatic heterocycles. The Labute approximate surface area is 154 Å². The Morgan fingerprint density at radius 3 is 2.11 bits per heavy atom. The molecule has 19 heavy (non-hydrogen) atoms. The Hall–Kier alpha value is -0.107. The molecule has 0 aliphatic rings. The molecule has 0 fully saturated rings. The van der Waals surface area contributed by atoms with Crippen molar-refractivity contribution in [3.63, 3.8) is 0 Å². The molecule has 0 spiro atoms. The molecule has 3 aromatic rings. The van der Waals surface area contributed by atoms with Crippen molar-refractivity contribution < 1.29 is 26.2 Å². The monoisotopic (exact) mass is 455 g/mol. The van der Waals surface area contributed by atoms with Crippen LogP contribution in [0.1, 0.15) is 11.1 Å². The first kappa shape index (κ1) is 18.9. The SMILES string of the molecule is Br.Br.[Zr].c1ccc(C[c-]2ccc3ccccc32)cc1. The number of hydrogen-bond donors (Lipinski definition) is 0. The molecule has 0 saturated carbocycles. The van der Waals surface area contributed by atoms with Crippen LogP contribution in [0.3, 0.4) is 0 Å². The van der Waals surface area contributed by atoms with Gasteiger partial charge in [-0.25, -0.2) is 0 Å². The van der Waals surface area contributed by atoms with Gasteiger partial charge in [0.15, 0.2) is 0 Å². The molecule has 0 saturated heterocycles. The van der Waals surface area contributed by atoms with E-state index in [-0.39, 0.29) is 60.2 Å². The Bertz CT molecular complexity index is 602. The fraction of sp³-hybridized carbons (Fsp3) is 0.0625. The largest absolute Gasteiger partial charge is 0.168 e. The van der Waals surface area contributed by atoms with Crippen LogP contribution in [0.4, 0.5) is 0 Å². The molecule has 3 rings (SSSR count). The molecular weight excluding hydrogens is 443 g/mol. The van der Waals surface area contributed by atoms with Crippen LogP contribution in [0.25, 0.3) is 10.8 Å². The average molecular weight is 458 g/mol. The molecule has 0 aromatic heterocycles. The summed E-state index contributed by atoms with van der Waals surface area (Å²) < 4.78 is 0. The quantitative estimate of drug-likeness (QED) is 0.457. The predicted octanol–water partition coefficient (Wildman–Crippen LogP) is 5.30. The van der Waals surface area contributed by atoms with Crippen LogP contribution in [0, 0.1) is 0 Å². The second-order valence-corrected chi connectivity index (χ2v) is 4.11. The predicted molar refractivity (Wildman–Crippen MR) is 89.4 cm³/mol. The normalized spacial score (nSPS) is 9.05. The van der Waals surface area contributed by atoms with E-state index in [1.54, 1.807) is 0 Å². The van der Waals surface area contributed by atoms with Crippen LogP contribution < -0.4 is 0 Å². The van der Waals surface area contributed by atoms with Crippen molar-refractivity contribution in [2.75, 3.05) is 0 Å². The maximum absolute atomic E-state index is 2.23. The maximum Gasteiger partial charge on any atom is 0 e. The molecular formula is C16H15Br2Zr-. The van der Waals surface area contributed by atoms with E-state index in [0.717, 1.165) is 6.42 Å². The number of rotatable bonds is 2. The smallest absolute Gasteiger partial charge is 0 e. The standard InChI is InChI=1S/C16H13.2BrH.Zr/c1-2-6-13(7-3-1)12-15-11-10-14-8-4-5-9-16(14)15;;;/h1-11H,12H2;2*1H;/q-1;;;. The summed E-state index contributed by atoms with van der Waals surface area (Å²) in [6.45, 7) is 0. The van der Waals surface area contributed by atoms with E-state index in [1.807, 2.05) is 0 Å². The van der Waals surface area contributed by atoms with Gasteiger partial charge in [-0.2, -0.15) is 6.07 Å². The van der Waals surface area contributed by atoms with Crippen molar-refractivity contribution in [3.8, 4) is 0 Å². The second kappa shape index (κ2) is 8.94. The van der Waals surface area contributed by atoms with Gasteiger partial charge in [-0.1, -0.05) is 42.0 Å². The summed E-state index contributed by atoms with van der Waals surface area (Å²) in [7, 11) is 0. The first-order valence-corrected chi connectivity index (χ1v) is 5.61. The van der Waals surface area contributed by atoms with Gasteiger partial charge in [0.05, 0.1) is 0 Å². The Morgan fingerprint density at radius 1 is 0.737 bits per heavy atom. The van der Waals surface area contributed by atoms with Gasteiger partial charge in [0, 0.05) is 26.2 Å². The number of fused-ring (bicyclic) bond motifs is 1. The van der Waals surface area contributed by atoms with Crippen LogP contribution in [0.2, 0.25) is 0 Å². The molecule has 3 aromatic carbocycles. The molecule has 0 unspecified atom stereocenters. The molecule has 0 aliphatic carbocycles. The summed E-state index contributed by atoms with van der Waals surface area (Å²) in [5.41, 5.74) is 2.79. The first-order chi connectivity index (χ1) is 7.93. The van der Waals surface area contributed by atoms with Crippen LogP contribution >= 0.6 is 34.0 Å². The Morgan fingerprint density at radius 2 is 1.37 bits per heavy atom. The van der Waals surface area contributed by atoms with Gasteiger partial charge in [0.1, 0.15) is 0 Å². The zero-order chi connectivity index (χ0) is 10.8. The third kappa shape index (κ3) is 4.44. The fourth-order valence-corrected chi connectivity index (χ4v) is 2.18. The van der Waals surface area contributed by atoms with Gasteiger partial charge in [0.2, 0.25) is 0 Å². The van der Waals surface area contributed by atoms with Gasteiger partial charge >= 0.3 is 0 Å². The Balaban J connectivity index is 0.00000108. The van der Waals surface area contributed by atoms with Crippen LogP contribution in [-0.2, 0) is 32.6 Å². The van der Waals surface area contributed by atoms with Gasteiger partial charge in [-0.3, -0.25) is 0 Å². The summed E-state index contributed by atoms with van der Waals surface area (Å²) in [6.07, 6.45) is 1.02. The molecule has 0 nitrogen and oxygen atoms in total. The van der Waals surface area contributed by atoms with E-state index in [2.05, 4.69) is 66.7 Å². The fourth-order valence-electron chi connectivity index (χ4n) is 2.18. The first-order valence-electron chi connectivity index (χ1n) is 5.61. The van der Waals surface area contributed by atoms with Gasteiger partial charge < -0.3 is 0 Å². The molecule has 0 bridgehead atoms. The average Bonchev–Trinajstić information content (AvgIpc) is 2.74. The molecule has 3 heteroatoms. The zero-order valence-corrected chi connectivity index (χ0v) is 16.3. The summed E-state index contributed by atoms with van der Waals surface area (Å²) in [5.74, 6) is 0. The summed E-state index contributed by atoms with van der Waals surface area (Å²) in [5, 5.41) is 2.72. The molecule has 0 atom stereocenters. The second-order valence-electron chi connectivity index (χ2n) is 4.11. The van der Waals surface area contributed by atoms with Crippen molar-refractivity contribution in [1.82, 2.24) is 0 Å². The molecule has 0 radical (unpaired) electrons. The molecule has 0 N–H and O–H groups in total. The maximum atomic E-state index is 2.23. The van der Waals surface area contributed by atoms with Crippen molar-refractivity contribution >= 4 is 44.7 Å². The van der Waals surface area contributed by atoms with Crippen LogP contribution in [0.15, 0.2) is 66.7 Å². The molecule has 0 heterocycles. The van der Waals surface area contributed by atoms with E-state index < -0.39 is 0 Å². The zero-order valence-electron chi connectivity index (χ0n) is 10.4. The van der Waals surface area contributed by atoms with Gasteiger partial charge in [-0.05, 0) is 6.42 Å². The van der Waals surface area contributed by atoms with E-state index in [9.17, 15) is 0 Å². The van der Waals surface area contributed by atoms with Crippen LogP contribution in [0.5, 0.6) is 0 Å². The third-order valence-corrected chi connectivity index (χ3v) is 3.01. The van der Waals surface area contributed by atoms with E-state index in [0.29, 0.717) is 0 Å². The van der Waals surface area contributed by atoms with Crippen molar-refractivity contribution in [3.05, 3.63) is 77.9 Å². The topological polar surface area (TPSA) is 0 Å². The van der Waals surface area contributed by atoms with Gasteiger partial charge in [0.25, 0.3) is 0 Å². The third-order valence-electron chi connectivity index (χ3n) is 3.01.